The molecule has 0 aliphatic rings. The molecule has 202 valence electrons. The van der Waals surface area contributed by atoms with Crippen molar-refractivity contribution in [1.82, 2.24) is 0 Å². The minimum atomic E-state index is -7.98. The number of carbonyl (C=O) groups excluding carboxylic acids is 1. The molecule has 0 unspecified atom stereocenters. The van der Waals surface area contributed by atoms with E-state index in [1.807, 2.05) is 0 Å². The van der Waals surface area contributed by atoms with Crippen LogP contribution in [0, 0.1) is 10.1 Å². The van der Waals surface area contributed by atoms with Crippen molar-refractivity contribution < 1.29 is 70.1 Å². The SMILES string of the molecule is CS(C)(CC(=O)c1cccc([N+](=O)[O-])c1)OS(=O)(=O)C(F)(F)C(F)(F)C(F)(F)C(F)(F)C(F)(F)F. The lowest BCUT2D eigenvalue weighted by atomic mass is 10.0. The van der Waals surface area contributed by atoms with E-state index in [0.717, 1.165) is 18.2 Å². The first-order valence-electron chi connectivity index (χ1n) is 8.27. The first kappa shape index (κ1) is 30.8. The summed E-state index contributed by atoms with van der Waals surface area (Å²) in [6.45, 7) is 0. The number of carbonyl (C=O) groups is 1. The van der Waals surface area contributed by atoms with E-state index in [2.05, 4.69) is 3.63 Å². The lowest BCUT2D eigenvalue weighted by Crippen LogP contribution is -2.68. The molecule has 0 saturated heterocycles. The molecule has 7 nitrogen and oxygen atoms in total. The maximum Gasteiger partial charge on any atom is 0.460 e. The van der Waals surface area contributed by atoms with Crippen molar-refractivity contribution in [1.29, 1.82) is 0 Å². The van der Waals surface area contributed by atoms with E-state index in [9.17, 15) is 71.6 Å². The Morgan fingerprint density at radius 3 is 1.83 bits per heavy atom. The maximum absolute atomic E-state index is 13.9. The van der Waals surface area contributed by atoms with Gasteiger partial charge in [-0.3, -0.25) is 14.9 Å². The Balaban J connectivity index is 3.33. The zero-order valence-electron chi connectivity index (χ0n) is 16.9. The maximum atomic E-state index is 13.9. The molecule has 0 aromatic heterocycles. The molecule has 1 aromatic carbocycles. The highest BCUT2D eigenvalue weighted by molar-refractivity contribution is 8.32. The first-order chi connectivity index (χ1) is 15.3. The predicted octanol–water partition coefficient (Wildman–Crippen LogP) is 5.16. The Bertz CT molecular complexity index is 1100. The van der Waals surface area contributed by atoms with Crippen molar-refractivity contribution >= 4 is 31.9 Å². The van der Waals surface area contributed by atoms with Gasteiger partial charge < -0.3 is 0 Å². The molecule has 0 atom stereocenters. The van der Waals surface area contributed by atoms with Gasteiger partial charge in [0, 0.05) is 17.7 Å². The van der Waals surface area contributed by atoms with E-state index in [0.29, 0.717) is 18.6 Å². The van der Waals surface area contributed by atoms with Crippen LogP contribution in [0.2, 0.25) is 0 Å². The average molecular weight is 575 g/mol. The van der Waals surface area contributed by atoms with Crippen LogP contribution in [0.4, 0.5) is 54.0 Å². The van der Waals surface area contributed by atoms with E-state index in [-0.39, 0.29) is 0 Å². The fourth-order valence-electron chi connectivity index (χ4n) is 2.22. The highest BCUT2D eigenvalue weighted by Gasteiger charge is 2.90. The third-order valence-electron chi connectivity index (χ3n) is 3.96. The largest absolute Gasteiger partial charge is 0.460 e. The second-order valence-corrected chi connectivity index (χ2v) is 12.2. The molecule has 1 aromatic rings. The Hall–Kier alpha value is -2.22. The van der Waals surface area contributed by atoms with E-state index >= 15 is 0 Å². The molecule has 0 aliphatic heterocycles. The van der Waals surface area contributed by atoms with Gasteiger partial charge in [-0.1, -0.05) is 12.1 Å². The van der Waals surface area contributed by atoms with Crippen molar-refractivity contribution in [2.45, 2.75) is 29.2 Å². The molecule has 0 amide bonds. The number of nitro benzene ring substituents is 1. The molecule has 0 aliphatic carbocycles. The van der Waals surface area contributed by atoms with Crippen molar-refractivity contribution in [3.63, 3.8) is 0 Å². The Morgan fingerprint density at radius 1 is 0.914 bits per heavy atom. The van der Waals surface area contributed by atoms with Gasteiger partial charge in [0.15, 0.2) is 5.78 Å². The summed E-state index contributed by atoms with van der Waals surface area (Å²) in [6.07, 6.45) is -6.41. The van der Waals surface area contributed by atoms with Crippen molar-refractivity contribution in [2.75, 3.05) is 18.3 Å². The topological polar surface area (TPSA) is 104 Å². The van der Waals surface area contributed by atoms with Crippen LogP contribution in [0.5, 0.6) is 0 Å². The molecule has 0 bridgehead atoms. The van der Waals surface area contributed by atoms with Gasteiger partial charge in [-0.15, -0.1) is 10.3 Å². The summed E-state index contributed by atoms with van der Waals surface area (Å²) < 4.78 is 171. The number of benzene rings is 1. The number of alkyl halides is 11. The van der Waals surface area contributed by atoms with Crippen LogP contribution in [-0.4, -0.2) is 66.6 Å². The lowest BCUT2D eigenvalue weighted by Gasteiger charge is -2.38. The van der Waals surface area contributed by atoms with Gasteiger partial charge in [0.05, 0.1) is 10.7 Å². The minimum Gasteiger partial charge on any atom is -0.293 e. The standard InChI is InChI=1S/C15H12F11NO6S2/c1-34(2,7-10(28)8-4-3-5-9(6-8)27(29)30)33-35(31,32)15(25,26)13(20,21)11(16,17)12(18,19)14(22,23)24/h3-6H,7H2,1-2H3. The average Bonchev–Trinajstić information content (AvgIpc) is 2.65. The molecule has 0 N–H and O–H groups in total. The Labute approximate surface area is 190 Å². The summed E-state index contributed by atoms with van der Waals surface area (Å²) in [5.74, 6) is -26.1. The number of hydrogen-bond acceptors (Lipinski definition) is 6. The number of rotatable bonds is 10. The van der Waals surface area contributed by atoms with E-state index < -0.39 is 77.3 Å². The molecule has 20 heteroatoms. The van der Waals surface area contributed by atoms with Crippen LogP contribution in [0.15, 0.2) is 24.3 Å². The summed E-state index contributed by atoms with van der Waals surface area (Å²) in [6, 6.07) is 3.47. The van der Waals surface area contributed by atoms with Crippen LogP contribution in [0.3, 0.4) is 0 Å². The summed E-state index contributed by atoms with van der Waals surface area (Å²) in [7, 11) is -11.2. The Kier molecular flexibility index (Phi) is 7.94. The van der Waals surface area contributed by atoms with Crippen LogP contribution in [0.1, 0.15) is 10.4 Å². The van der Waals surface area contributed by atoms with E-state index in [1.165, 1.54) is 0 Å². The third-order valence-corrected chi connectivity index (χ3v) is 7.99. The molecule has 0 saturated carbocycles. The summed E-state index contributed by atoms with van der Waals surface area (Å²) in [4.78, 5) is 22.0. The zero-order valence-corrected chi connectivity index (χ0v) is 18.5. The second-order valence-electron chi connectivity index (χ2n) is 7.07. The predicted molar refractivity (Wildman–Crippen MR) is 97.6 cm³/mol. The third kappa shape index (κ3) is 5.47. The number of non-ortho nitro benzene ring substituents is 1. The van der Waals surface area contributed by atoms with Crippen LogP contribution in [-0.2, 0) is 13.7 Å². The number of ketones is 1. The summed E-state index contributed by atoms with van der Waals surface area (Å²) >= 11 is 0. The molecule has 0 heterocycles. The van der Waals surface area contributed by atoms with Gasteiger partial charge in [0.2, 0.25) is 0 Å². The van der Waals surface area contributed by atoms with Crippen molar-refractivity contribution in [3.8, 4) is 0 Å². The van der Waals surface area contributed by atoms with Gasteiger partial charge in [-0.25, -0.2) is 3.63 Å². The number of halogens is 11. The summed E-state index contributed by atoms with van der Waals surface area (Å²) in [5, 5.41) is 3.37. The van der Waals surface area contributed by atoms with Crippen molar-refractivity contribution in [3.05, 3.63) is 39.9 Å². The highest BCUT2D eigenvalue weighted by Crippen LogP contribution is 2.60. The molecular formula is C15H12F11NO6S2. The van der Waals surface area contributed by atoms with Crippen LogP contribution >= 0.6 is 10.3 Å². The van der Waals surface area contributed by atoms with Gasteiger partial charge in [-0.05, 0) is 12.5 Å². The quantitative estimate of drug-likeness (QED) is 0.165. The number of nitro groups is 1. The smallest absolute Gasteiger partial charge is 0.293 e. The number of Topliss-reactive ketones (excluding diaryl/α,β-unsaturated/α-hetero) is 1. The first-order valence-corrected chi connectivity index (χ1v) is 12.2. The van der Waals surface area contributed by atoms with Gasteiger partial charge in [-0.2, -0.15) is 56.7 Å². The Morgan fingerprint density at radius 2 is 1.40 bits per heavy atom. The van der Waals surface area contributed by atoms with Crippen LogP contribution < -0.4 is 0 Å². The van der Waals surface area contributed by atoms with Gasteiger partial charge in [0.1, 0.15) is 0 Å². The second kappa shape index (κ2) is 9.02. The molecule has 1 rings (SSSR count). The van der Waals surface area contributed by atoms with Gasteiger partial charge >= 0.3 is 39.3 Å². The minimum absolute atomic E-state index is 0.519. The molecule has 0 fully saturated rings. The zero-order chi connectivity index (χ0) is 28.1. The number of hydrogen-bond donors (Lipinski definition) is 0. The highest BCUT2D eigenvalue weighted by atomic mass is 32.3. The fourth-order valence-corrected chi connectivity index (χ4v) is 5.93. The molecule has 0 radical (unpaired) electrons. The monoisotopic (exact) mass is 575 g/mol. The molecule has 0 spiro atoms. The normalized spacial score (nSPS) is 15.1. The van der Waals surface area contributed by atoms with E-state index in [4.69, 9.17) is 0 Å². The molecular weight excluding hydrogens is 563 g/mol. The molecule has 35 heavy (non-hydrogen) atoms. The number of nitrogens with zero attached hydrogens (tertiary/aromatic N) is 1. The van der Waals surface area contributed by atoms with E-state index in [1.54, 1.807) is 0 Å². The van der Waals surface area contributed by atoms with Crippen molar-refractivity contribution in [2.24, 2.45) is 0 Å². The van der Waals surface area contributed by atoms with Crippen LogP contribution in [0.25, 0.3) is 0 Å². The summed E-state index contributed by atoms with van der Waals surface area (Å²) in [5.41, 5.74) is -1.18. The fraction of sp³-hybridized carbons (Fsp3) is 0.533. The van der Waals surface area contributed by atoms with Gasteiger partial charge in [0.25, 0.3) is 5.69 Å². The lowest BCUT2D eigenvalue weighted by molar-refractivity contribution is -0.413.